The average Bonchev–Trinajstić information content (AvgIpc) is 2.35. The molecule has 18 heavy (non-hydrogen) atoms. The SMILES string of the molecule is CCCNC1CC(OC(C)CCC)C1(CC)CC. The third kappa shape index (κ3) is 3.27. The molecular formula is C16H33NO. The topological polar surface area (TPSA) is 21.3 Å². The largest absolute Gasteiger partial charge is 0.375 e. The van der Waals surface area contributed by atoms with E-state index in [1.807, 2.05) is 0 Å². The Kier molecular flexibility index (Phi) is 6.65. The second kappa shape index (κ2) is 7.49. The van der Waals surface area contributed by atoms with Crippen molar-refractivity contribution >= 4 is 0 Å². The summed E-state index contributed by atoms with van der Waals surface area (Å²) < 4.78 is 6.29. The van der Waals surface area contributed by atoms with Crippen LogP contribution in [-0.2, 0) is 4.74 Å². The van der Waals surface area contributed by atoms with Crippen molar-refractivity contribution in [2.24, 2.45) is 5.41 Å². The molecule has 0 radical (unpaired) electrons. The van der Waals surface area contributed by atoms with Crippen LogP contribution in [0, 0.1) is 5.41 Å². The molecule has 108 valence electrons. The lowest BCUT2D eigenvalue weighted by Crippen LogP contribution is -2.64. The summed E-state index contributed by atoms with van der Waals surface area (Å²) in [5, 5.41) is 3.72. The van der Waals surface area contributed by atoms with Gasteiger partial charge < -0.3 is 10.1 Å². The van der Waals surface area contributed by atoms with Gasteiger partial charge in [0.15, 0.2) is 0 Å². The lowest BCUT2D eigenvalue weighted by atomic mass is 9.58. The van der Waals surface area contributed by atoms with Crippen molar-refractivity contribution in [3.05, 3.63) is 0 Å². The van der Waals surface area contributed by atoms with E-state index < -0.39 is 0 Å². The first-order valence-corrected chi connectivity index (χ1v) is 8.03. The second-order valence-corrected chi connectivity index (χ2v) is 5.91. The molecule has 1 saturated carbocycles. The van der Waals surface area contributed by atoms with Gasteiger partial charge in [-0.2, -0.15) is 0 Å². The third-order valence-corrected chi connectivity index (χ3v) is 4.83. The van der Waals surface area contributed by atoms with Crippen LogP contribution < -0.4 is 5.32 Å². The van der Waals surface area contributed by atoms with Gasteiger partial charge in [0.05, 0.1) is 12.2 Å². The zero-order valence-corrected chi connectivity index (χ0v) is 13.1. The van der Waals surface area contributed by atoms with E-state index in [1.54, 1.807) is 0 Å². The molecule has 3 atom stereocenters. The molecule has 1 fully saturated rings. The van der Waals surface area contributed by atoms with Gasteiger partial charge >= 0.3 is 0 Å². The van der Waals surface area contributed by atoms with Gasteiger partial charge in [0, 0.05) is 11.5 Å². The van der Waals surface area contributed by atoms with Crippen molar-refractivity contribution in [3.8, 4) is 0 Å². The van der Waals surface area contributed by atoms with Crippen LogP contribution in [0.2, 0.25) is 0 Å². The molecule has 1 N–H and O–H groups in total. The van der Waals surface area contributed by atoms with Gasteiger partial charge in [0.2, 0.25) is 0 Å². The Morgan fingerprint density at radius 2 is 1.83 bits per heavy atom. The summed E-state index contributed by atoms with van der Waals surface area (Å²) in [5.41, 5.74) is 0.386. The van der Waals surface area contributed by atoms with E-state index in [4.69, 9.17) is 4.74 Å². The van der Waals surface area contributed by atoms with Crippen molar-refractivity contribution in [2.75, 3.05) is 6.54 Å². The van der Waals surface area contributed by atoms with Crippen molar-refractivity contribution in [1.82, 2.24) is 5.32 Å². The van der Waals surface area contributed by atoms with E-state index in [-0.39, 0.29) is 0 Å². The summed E-state index contributed by atoms with van der Waals surface area (Å²) >= 11 is 0. The first kappa shape index (κ1) is 16.0. The lowest BCUT2D eigenvalue weighted by Gasteiger charge is -2.56. The summed E-state index contributed by atoms with van der Waals surface area (Å²) in [6.45, 7) is 12.5. The Hall–Kier alpha value is -0.0800. The fraction of sp³-hybridized carbons (Fsp3) is 1.00. The standard InChI is InChI=1S/C16H33NO/c1-6-10-13(5)18-15-12-14(17-11-7-2)16(15,8-3)9-4/h13-15,17H,6-12H2,1-5H3. The van der Waals surface area contributed by atoms with E-state index in [2.05, 4.69) is 39.9 Å². The molecule has 0 saturated heterocycles. The monoisotopic (exact) mass is 255 g/mol. The molecule has 3 unspecified atom stereocenters. The number of hydrogen-bond donors (Lipinski definition) is 1. The van der Waals surface area contributed by atoms with Crippen LogP contribution >= 0.6 is 0 Å². The molecule has 0 aliphatic heterocycles. The first-order valence-electron chi connectivity index (χ1n) is 8.03. The van der Waals surface area contributed by atoms with Crippen LogP contribution in [0.5, 0.6) is 0 Å². The maximum absolute atomic E-state index is 6.29. The third-order valence-electron chi connectivity index (χ3n) is 4.83. The molecule has 2 heteroatoms. The summed E-state index contributed by atoms with van der Waals surface area (Å²) in [5.74, 6) is 0. The minimum absolute atomic E-state index is 0.386. The summed E-state index contributed by atoms with van der Waals surface area (Å²) in [4.78, 5) is 0. The smallest absolute Gasteiger partial charge is 0.0664 e. The fourth-order valence-electron chi connectivity index (χ4n) is 3.50. The van der Waals surface area contributed by atoms with Crippen LogP contribution in [0.1, 0.15) is 73.1 Å². The molecule has 0 aromatic carbocycles. The van der Waals surface area contributed by atoms with Crippen molar-refractivity contribution in [3.63, 3.8) is 0 Å². The second-order valence-electron chi connectivity index (χ2n) is 5.91. The van der Waals surface area contributed by atoms with E-state index >= 15 is 0 Å². The highest BCUT2D eigenvalue weighted by atomic mass is 16.5. The summed E-state index contributed by atoms with van der Waals surface area (Å²) in [7, 11) is 0. The van der Waals surface area contributed by atoms with Crippen LogP contribution in [-0.4, -0.2) is 24.8 Å². The van der Waals surface area contributed by atoms with E-state index in [1.165, 1.54) is 38.5 Å². The maximum atomic E-state index is 6.29. The molecule has 1 aliphatic rings. The van der Waals surface area contributed by atoms with Crippen LogP contribution in [0.15, 0.2) is 0 Å². The van der Waals surface area contributed by atoms with E-state index in [0.717, 1.165) is 6.54 Å². The fourth-order valence-corrected chi connectivity index (χ4v) is 3.50. The maximum Gasteiger partial charge on any atom is 0.0664 e. The summed E-state index contributed by atoms with van der Waals surface area (Å²) in [6.07, 6.45) is 8.19. The molecule has 1 rings (SSSR count). The van der Waals surface area contributed by atoms with Gasteiger partial charge in [-0.25, -0.2) is 0 Å². The van der Waals surface area contributed by atoms with Crippen molar-refractivity contribution < 1.29 is 4.74 Å². The quantitative estimate of drug-likeness (QED) is 0.668. The molecule has 1 aliphatic carbocycles. The molecule has 0 aromatic rings. The number of ether oxygens (including phenoxy) is 1. The molecule has 0 spiro atoms. The number of hydrogen-bond acceptors (Lipinski definition) is 2. The predicted molar refractivity (Wildman–Crippen MR) is 79.0 cm³/mol. The normalized spacial score (nSPS) is 27.8. The van der Waals surface area contributed by atoms with Crippen molar-refractivity contribution in [1.29, 1.82) is 0 Å². The van der Waals surface area contributed by atoms with Gasteiger partial charge in [0.25, 0.3) is 0 Å². The minimum atomic E-state index is 0.386. The van der Waals surface area contributed by atoms with Gasteiger partial charge in [-0.15, -0.1) is 0 Å². The van der Waals surface area contributed by atoms with Gasteiger partial charge in [0.1, 0.15) is 0 Å². The lowest BCUT2D eigenvalue weighted by molar-refractivity contribution is -0.164. The Bertz CT molecular complexity index is 225. The van der Waals surface area contributed by atoms with Crippen LogP contribution in [0.3, 0.4) is 0 Å². The highest BCUT2D eigenvalue weighted by Gasteiger charge is 2.53. The summed E-state index contributed by atoms with van der Waals surface area (Å²) in [6, 6.07) is 0.672. The van der Waals surface area contributed by atoms with E-state index in [0.29, 0.717) is 23.7 Å². The van der Waals surface area contributed by atoms with Crippen molar-refractivity contribution in [2.45, 2.75) is 91.4 Å². The number of nitrogens with one attached hydrogen (secondary N) is 1. The predicted octanol–water partition coefficient (Wildman–Crippen LogP) is 4.14. The van der Waals surface area contributed by atoms with Gasteiger partial charge in [-0.3, -0.25) is 0 Å². The zero-order chi connectivity index (χ0) is 13.6. The molecule has 2 nitrogen and oxygen atoms in total. The highest BCUT2D eigenvalue weighted by Crippen LogP contribution is 2.49. The van der Waals surface area contributed by atoms with Gasteiger partial charge in [-0.05, 0) is 45.6 Å². The Labute approximate surface area is 114 Å². The first-order chi connectivity index (χ1) is 8.64. The molecule has 0 amide bonds. The molecule has 0 bridgehead atoms. The van der Waals surface area contributed by atoms with Crippen LogP contribution in [0.25, 0.3) is 0 Å². The molecular weight excluding hydrogens is 222 g/mol. The highest BCUT2D eigenvalue weighted by molar-refractivity contribution is 5.06. The molecule has 0 heterocycles. The Morgan fingerprint density at radius 3 is 2.33 bits per heavy atom. The zero-order valence-electron chi connectivity index (χ0n) is 13.1. The molecule has 0 aromatic heterocycles. The number of rotatable bonds is 9. The van der Waals surface area contributed by atoms with Crippen LogP contribution in [0.4, 0.5) is 0 Å². The minimum Gasteiger partial charge on any atom is -0.375 e. The van der Waals surface area contributed by atoms with E-state index in [9.17, 15) is 0 Å². The Balaban J connectivity index is 2.54. The average molecular weight is 255 g/mol. The Morgan fingerprint density at radius 1 is 1.17 bits per heavy atom. The van der Waals surface area contributed by atoms with Gasteiger partial charge in [-0.1, -0.05) is 34.1 Å².